The van der Waals surface area contributed by atoms with E-state index in [9.17, 15) is 9.18 Å². The number of halogens is 1. The van der Waals surface area contributed by atoms with Crippen LogP contribution in [0.2, 0.25) is 0 Å². The number of hydrogen-bond donors (Lipinski definition) is 2. The number of nitrogens with zero attached hydrogens (tertiary/aromatic N) is 4. The molecule has 1 unspecified atom stereocenters. The third-order valence-corrected chi connectivity index (χ3v) is 4.78. The van der Waals surface area contributed by atoms with E-state index in [1.54, 1.807) is 56.6 Å². The molecule has 2 heterocycles. The molecule has 0 spiro atoms. The number of rotatable bonds is 7. The van der Waals surface area contributed by atoms with Crippen molar-refractivity contribution in [3.05, 3.63) is 66.0 Å². The van der Waals surface area contributed by atoms with Crippen LogP contribution in [-0.4, -0.2) is 49.5 Å². The highest BCUT2D eigenvalue weighted by Crippen LogP contribution is 2.28. The maximum atomic E-state index is 14.5. The molecule has 0 radical (unpaired) electrons. The molecule has 0 aliphatic heterocycles. The van der Waals surface area contributed by atoms with Crippen LogP contribution < -0.4 is 5.32 Å². The largest absolute Gasteiger partial charge is 0.478 e. The average Bonchev–Trinajstić information content (AvgIpc) is 2.77. The number of alkyl halides is 1. The Bertz CT molecular complexity index is 1230. The van der Waals surface area contributed by atoms with Gasteiger partial charge in [0.15, 0.2) is 5.65 Å². The molecule has 2 N–H and O–H groups in total. The fourth-order valence-electron chi connectivity index (χ4n) is 3.29. The molecule has 1 aliphatic rings. The van der Waals surface area contributed by atoms with Gasteiger partial charge in [0, 0.05) is 18.5 Å². The Balaban J connectivity index is 1.45. The first kappa shape index (κ1) is 21.5. The highest BCUT2D eigenvalue weighted by Gasteiger charge is 2.29. The Hall–Kier alpha value is -3.72. The fraction of sp³-hybridized carbons (Fsp3) is 0.261. The number of ether oxygens (including phenoxy) is 1. The maximum absolute atomic E-state index is 14.5. The normalized spacial score (nSPS) is 18.1. The van der Waals surface area contributed by atoms with E-state index in [0.717, 1.165) is 5.57 Å². The first-order valence-corrected chi connectivity index (χ1v) is 10.1. The number of anilines is 1. The first-order chi connectivity index (χ1) is 15.3. The third-order valence-electron chi connectivity index (χ3n) is 4.78. The number of carbonyl (C=O) groups is 1. The summed E-state index contributed by atoms with van der Waals surface area (Å²) in [5.41, 5.74) is 3.13. The Morgan fingerprint density at radius 3 is 2.84 bits per heavy atom. The molecule has 0 fully saturated rings. The van der Waals surface area contributed by atoms with Gasteiger partial charge >= 0.3 is 5.97 Å². The molecule has 164 valence electrons. The Kier molecular flexibility index (Phi) is 5.91. The van der Waals surface area contributed by atoms with Crippen molar-refractivity contribution in [1.82, 2.24) is 19.9 Å². The SMILES string of the molecule is CC(C)OC1(F)C=CC(CNc2ncc3nc(-c4cccc(C(=O)O)c4)cnc3n2)=CC1. The molecule has 1 aliphatic carbocycles. The number of nitrogens with one attached hydrogen (secondary N) is 1. The number of carboxylic acid groups (broad SMARTS) is 1. The van der Waals surface area contributed by atoms with Crippen molar-refractivity contribution in [3.8, 4) is 11.3 Å². The van der Waals surface area contributed by atoms with Crippen LogP contribution in [0.15, 0.2) is 60.5 Å². The fourth-order valence-corrected chi connectivity index (χ4v) is 3.29. The van der Waals surface area contributed by atoms with Crippen molar-refractivity contribution in [2.45, 2.75) is 32.2 Å². The number of fused-ring (bicyclic) bond motifs is 1. The van der Waals surface area contributed by atoms with E-state index in [-0.39, 0.29) is 18.1 Å². The lowest BCUT2D eigenvalue weighted by molar-refractivity contribution is -0.132. The zero-order valence-corrected chi connectivity index (χ0v) is 17.6. The van der Waals surface area contributed by atoms with Gasteiger partial charge < -0.3 is 15.2 Å². The van der Waals surface area contributed by atoms with Gasteiger partial charge in [0.05, 0.1) is 29.8 Å². The van der Waals surface area contributed by atoms with Crippen molar-refractivity contribution >= 4 is 23.1 Å². The molecular weight excluding hydrogens is 413 g/mol. The van der Waals surface area contributed by atoms with E-state index in [1.165, 1.54) is 12.1 Å². The smallest absolute Gasteiger partial charge is 0.335 e. The van der Waals surface area contributed by atoms with Crippen LogP contribution in [0.5, 0.6) is 0 Å². The van der Waals surface area contributed by atoms with E-state index in [0.29, 0.717) is 34.9 Å². The van der Waals surface area contributed by atoms with Gasteiger partial charge in [-0.3, -0.25) is 0 Å². The van der Waals surface area contributed by atoms with Crippen LogP contribution in [0, 0.1) is 0 Å². The van der Waals surface area contributed by atoms with Gasteiger partial charge in [-0.15, -0.1) is 0 Å². The summed E-state index contributed by atoms with van der Waals surface area (Å²) in [6.45, 7) is 4.02. The van der Waals surface area contributed by atoms with Crippen LogP contribution in [0.1, 0.15) is 30.6 Å². The van der Waals surface area contributed by atoms with E-state index in [2.05, 4.69) is 25.3 Å². The van der Waals surface area contributed by atoms with Gasteiger partial charge in [0.25, 0.3) is 0 Å². The molecule has 8 nitrogen and oxygen atoms in total. The van der Waals surface area contributed by atoms with E-state index < -0.39 is 11.8 Å². The molecule has 32 heavy (non-hydrogen) atoms. The summed E-state index contributed by atoms with van der Waals surface area (Å²) in [6, 6.07) is 6.48. The second kappa shape index (κ2) is 8.80. The first-order valence-electron chi connectivity index (χ1n) is 10.1. The quantitative estimate of drug-likeness (QED) is 0.569. The van der Waals surface area contributed by atoms with Gasteiger partial charge in [-0.1, -0.05) is 24.3 Å². The zero-order chi connectivity index (χ0) is 22.7. The topological polar surface area (TPSA) is 110 Å². The van der Waals surface area contributed by atoms with Crippen LogP contribution in [0.25, 0.3) is 22.4 Å². The Labute approximate surface area is 183 Å². The van der Waals surface area contributed by atoms with Gasteiger partial charge in [-0.25, -0.2) is 24.1 Å². The van der Waals surface area contributed by atoms with Crippen LogP contribution in [-0.2, 0) is 4.74 Å². The molecule has 1 aromatic carbocycles. The minimum absolute atomic E-state index is 0.147. The van der Waals surface area contributed by atoms with E-state index in [4.69, 9.17) is 9.84 Å². The summed E-state index contributed by atoms with van der Waals surface area (Å²) in [5, 5.41) is 12.3. The minimum atomic E-state index is -1.77. The molecule has 3 aromatic rings. The summed E-state index contributed by atoms with van der Waals surface area (Å²) in [7, 11) is 0. The highest BCUT2D eigenvalue weighted by atomic mass is 19.2. The van der Waals surface area contributed by atoms with Gasteiger partial charge in [-0.05, 0) is 37.6 Å². The lowest BCUT2D eigenvalue weighted by Gasteiger charge is -2.26. The molecule has 1 atom stereocenters. The summed E-state index contributed by atoms with van der Waals surface area (Å²) < 4.78 is 19.8. The van der Waals surface area contributed by atoms with Gasteiger partial charge in [0.1, 0.15) is 5.52 Å². The van der Waals surface area contributed by atoms with Gasteiger partial charge in [-0.2, -0.15) is 4.98 Å². The van der Waals surface area contributed by atoms with E-state index >= 15 is 0 Å². The number of hydrogen-bond acceptors (Lipinski definition) is 7. The number of aromatic carboxylic acids is 1. The summed E-state index contributed by atoms with van der Waals surface area (Å²) >= 11 is 0. The predicted octanol–water partition coefficient (Wildman–Crippen LogP) is 4.17. The third kappa shape index (κ3) is 4.94. The molecule has 9 heteroatoms. The molecular formula is C23H22FN5O3. The molecule has 2 aromatic heterocycles. The maximum Gasteiger partial charge on any atom is 0.335 e. The monoisotopic (exact) mass is 435 g/mol. The number of aromatic nitrogens is 4. The Morgan fingerprint density at radius 2 is 2.12 bits per heavy atom. The molecule has 0 saturated heterocycles. The van der Waals surface area contributed by atoms with Crippen molar-refractivity contribution in [1.29, 1.82) is 0 Å². The van der Waals surface area contributed by atoms with Crippen LogP contribution in [0.3, 0.4) is 0 Å². The standard InChI is InChI=1S/C23H22FN5O3/c1-14(2)32-23(24)8-6-15(7-9-23)11-26-22-27-13-19-20(29-22)25-12-18(28-19)16-4-3-5-17(10-16)21(30)31/h3-8,10,12-14H,9,11H2,1-2H3,(H,30,31)(H,25,26,27,29). The lowest BCUT2D eigenvalue weighted by atomic mass is 10.0. The van der Waals surface area contributed by atoms with Crippen molar-refractivity contribution in [2.75, 3.05) is 11.9 Å². The number of carboxylic acids is 1. The molecule has 0 bridgehead atoms. The van der Waals surface area contributed by atoms with Crippen LogP contribution in [0.4, 0.5) is 10.3 Å². The zero-order valence-electron chi connectivity index (χ0n) is 17.6. The second-order valence-corrected chi connectivity index (χ2v) is 7.67. The summed E-state index contributed by atoms with van der Waals surface area (Å²) in [6.07, 6.45) is 7.95. The van der Waals surface area contributed by atoms with Gasteiger partial charge in [0.2, 0.25) is 11.8 Å². The Morgan fingerprint density at radius 1 is 1.28 bits per heavy atom. The molecule has 4 rings (SSSR count). The molecule has 0 saturated carbocycles. The highest BCUT2D eigenvalue weighted by molar-refractivity contribution is 5.89. The second-order valence-electron chi connectivity index (χ2n) is 7.67. The molecule has 0 amide bonds. The summed E-state index contributed by atoms with van der Waals surface area (Å²) in [4.78, 5) is 28.7. The van der Waals surface area contributed by atoms with Crippen molar-refractivity contribution in [2.24, 2.45) is 0 Å². The minimum Gasteiger partial charge on any atom is -0.478 e. The summed E-state index contributed by atoms with van der Waals surface area (Å²) in [5.74, 6) is -2.40. The van der Waals surface area contributed by atoms with Crippen LogP contribution >= 0.6 is 0 Å². The average molecular weight is 435 g/mol. The number of benzene rings is 1. The van der Waals surface area contributed by atoms with E-state index in [1.807, 2.05) is 0 Å². The lowest BCUT2D eigenvalue weighted by Crippen LogP contribution is -2.29. The predicted molar refractivity (Wildman–Crippen MR) is 118 cm³/mol. The van der Waals surface area contributed by atoms with Crippen molar-refractivity contribution in [3.63, 3.8) is 0 Å². The van der Waals surface area contributed by atoms with Crippen molar-refractivity contribution < 1.29 is 19.0 Å².